The zero-order valence-electron chi connectivity index (χ0n) is 7.75. The number of halogens is 1. The van der Waals surface area contributed by atoms with Crippen molar-refractivity contribution in [3.8, 4) is 11.5 Å². The second-order valence-electron chi connectivity index (χ2n) is 2.60. The number of aldehydes is 1. The smallest absolute Gasteiger partial charge is 0.360 e. The molecule has 4 heteroatoms. The van der Waals surface area contributed by atoms with Gasteiger partial charge in [0.15, 0.2) is 0 Å². The minimum atomic E-state index is 0.251. The Kier molecular flexibility index (Phi) is 3.83. The number of rotatable bonds is 4. The topological polar surface area (TPSA) is 37.6 Å². The third kappa shape index (κ3) is 2.20. The molecule has 0 aromatic heterocycles. The number of carbonyl (C=O) groups is 1. The number of hydrogen-bond donors (Lipinski definition) is 0. The first kappa shape index (κ1) is 10.9. The van der Waals surface area contributed by atoms with Crippen molar-refractivity contribution in [3.05, 3.63) is 22.2 Å². The van der Waals surface area contributed by atoms with Crippen molar-refractivity contribution in [2.75, 3.05) is 7.11 Å². The molecular formula is C10H10BrO3+. The highest BCUT2D eigenvalue weighted by Gasteiger charge is 2.17. The summed E-state index contributed by atoms with van der Waals surface area (Å²) in [6.45, 7) is 3.32. The average molecular weight is 258 g/mol. The highest BCUT2D eigenvalue weighted by molar-refractivity contribution is 9.10. The summed E-state index contributed by atoms with van der Waals surface area (Å²) >= 11 is 3.30. The number of carbonyl (C=O) groups excluding carboxylic acids is 2. The molecule has 0 N–H and O–H groups in total. The summed E-state index contributed by atoms with van der Waals surface area (Å²) in [6, 6.07) is 3.52. The molecule has 0 atom stereocenters. The molecule has 0 bridgehead atoms. The number of hydrogen-bond acceptors (Lipinski definition) is 2. The van der Waals surface area contributed by atoms with Gasteiger partial charge in [-0.05, 0) is 6.07 Å². The maximum Gasteiger partial charge on any atom is 0.360 e. The van der Waals surface area contributed by atoms with Crippen LogP contribution < -0.4 is 4.74 Å². The molecule has 14 heavy (non-hydrogen) atoms. The van der Waals surface area contributed by atoms with Crippen LogP contribution in [0.25, 0.3) is 0 Å². The minimum absolute atomic E-state index is 0.251. The maximum absolute atomic E-state index is 10.5. The number of benzene rings is 1. The van der Waals surface area contributed by atoms with Gasteiger partial charge in [0.05, 0.1) is 13.2 Å². The van der Waals surface area contributed by atoms with E-state index in [0.717, 1.165) is 10.8 Å². The van der Waals surface area contributed by atoms with Crippen molar-refractivity contribution in [2.45, 2.75) is 6.42 Å². The van der Waals surface area contributed by atoms with Gasteiger partial charge in [-0.3, -0.25) is 0 Å². The van der Waals surface area contributed by atoms with Gasteiger partial charge >= 0.3 is 5.75 Å². The fraction of sp³-hybridized carbons (Fsp3) is 0.200. The molecule has 0 radical (unpaired) electrons. The third-order valence-corrected chi connectivity index (χ3v) is 2.25. The Hall–Kier alpha value is -1.16. The quantitative estimate of drug-likeness (QED) is 0.613. The fourth-order valence-corrected chi connectivity index (χ4v) is 1.60. The summed E-state index contributed by atoms with van der Waals surface area (Å²) in [5.74, 6) is 1.16. The molecule has 0 aliphatic rings. The van der Waals surface area contributed by atoms with Crippen LogP contribution in [0.15, 0.2) is 16.6 Å². The van der Waals surface area contributed by atoms with Crippen molar-refractivity contribution < 1.29 is 14.0 Å². The van der Waals surface area contributed by atoms with E-state index in [2.05, 4.69) is 22.7 Å². The van der Waals surface area contributed by atoms with Crippen molar-refractivity contribution in [2.24, 2.45) is 0 Å². The van der Waals surface area contributed by atoms with Crippen LogP contribution in [0.5, 0.6) is 11.5 Å². The Morgan fingerprint density at radius 2 is 2.36 bits per heavy atom. The third-order valence-electron chi connectivity index (χ3n) is 1.80. The molecule has 0 heterocycles. The lowest BCUT2D eigenvalue weighted by atomic mass is 10.1. The van der Waals surface area contributed by atoms with Crippen LogP contribution in [0.3, 0.4) is 0 Å². The van der Waals surface area contributed by atoms with Crippen molar-refractivity contribution in [1.29, 1.82) is 0 Å². The SMILES string of the molecule is C=[O+]c1cc(Br)cc(OC)c1CC=O. The summed E-state index contributed by atoms with van der Waals surface area (Å²) in [4.78, 5) is 10.5. The van der Waals surface area contributed by atoms with Gasteiger partial charge in [-0.25, -0.2) is 4.42 Å². The van der Waals surface area contributed by atoms with Crippen LogP contribution >= 0.6 is 15.9 Å². The van der Waals surface area contributed by atoms with Gasteiger partial charge in [-0.1, -0.05) is 15.9 Å². The largest absolute Gasteiger partial charge is 0.496 e. The van der Waals surface area contributed by atoms with Crippen LogP contribution in [0.4, 0.5) is 0 Å². The highest BCUT2D eigenvalue weighted by Crippen LogP contribution is 2.32. The Morgan fingerprint density at radius 3 is 2.86 bits per heavy atom. The van der Waals surface area contributed by atoms with E-state index < -0.39 is 0 Å². The summed E-state index contributed by atoms with van der Waals surface area (Å²) in [5, 5.41) is 0. The van der Waals surface area contributed by atoms with Crippen molar-refractivity contribution in [3.63, 3.8) is 0 Å². The van der Waals surface area contributed by atoms with Gasteiger partial charge in [0.2, 0.25) is 0 Å². The first-order valence-electron chi connectivity index (χ1n) is 3.95. The van der Waals surface area contributed by atoms with Gasteiger partial charge in [0, 0.05) is 10.9 Å². The number of ether oxygens (including phenoxy) is 1. The van der Waals surface area contributed by atoms with E-state index in [9.17, 15) is 4.79 Å². The summed E-state index contributed by atoms with van der Waals surface area (Å²) < 4.78 is 10.8. The molecule has 0 aliphatic carbocycles. The lowest BCUT2D eigenvalue weighted by molar-refractivity contribution is -0.355. The van der Waals surface area contributed by atoms with Gasteiger partial charge in [-0.2, -0.15) is 0 Å². The van der Waals surface area contributed by atoms with Crippen molar-refractivity contribution in [1.82, 2.24) is 0 Å². The van der Waals surface area contributed by atoms with Crippen molar-refractivity contribution >= 4 is 29.0 Å². The van der Waals surface area contributed by atoms with Crippen LogP contribution in [0.1, 0.15) is 5.56 Å². The molecule has 0 spiro atoms. The molecule has 0 aliphatic heterocycles. The normalized spacial score (nSPS) is 9.57. The van der Waals surface area contributed by atoms with Gasteiger partial charge < -0.3 is 9.53 Å². The lowest BCUT2D eigenvalue weighted by Crippen LogP contribution is -1.94. The minimum Gasteiger partial charge on any atom is -0.496 e. The van der Waals surface area contributed by atoms with E-state index in [1.54, 1.807) is 19.2 Å². The number of methoxy groups -OCH3 is 1. The molecule has 0 fully saturated rings. The van der Waals surface area contributed by atoms with E-state index in [1.165, 1.54) is 0 Å². The standard InChI is InChI=1S/C10H10BrO3/c1-13-9-5-7(11)6-10(14-2)8(9)3-4-12/h4-6H,1,3H2,2H3/q+1. The molecule has 3 nitrogen and oxygen atoms in total. The first-order chi connectivity index (χ1) is 6.72. The molecule has 1 aromatic rings. The van der Waals surface area contributed by atoms with E-state index in [4.69, 9.17) is 9.16 Å². The van der Waals surface area contributed by atoms with Gasteiger partial charge in [0.1, 0.15) is 17.6 Å². The molecule has 0 amide bonds. The molecule has 74 valence electrons. The molecule has 0 saturated carbocycles. The van der Waals surface area contributed by atoms with Gasteiger partial charge in [0.25, 0.3) is 6.79 Å². The Morgan fingerprint density at radius 1 is 1.64 bits per heavy atom. The molecule has 1 rings (SSSR count). The highest BCUT2D eigenvalue weighted by atomic mass is 79.9. The predicted molar refractivity (Wildman–Crippen MR) is 57.0 cm³/mol. The van der Waals surface area contributed by atoms with Crippen LogP contribution in [0, 0.1) is 0 Å². The second kappa shape index (κ2) is 4.91. The summed E-state index contributed by atoms with van der Waals surface area (Å²) in [7, 11) is 1.54. The second-order valence-corrected chi connectivity index (χ2v) is 3.52. The molecule has 0 saturated heterocycles. The van der Waals surface area contributed by atoms with Crippen LogP contribution in [-0.2, 0) is 15.6 Å². The maximum atomic E-state index is 10.5. The average Bonchev–Trinajstić information content (AvgIpc) is 2.20. The zero-order valence-corrected chi connectivity index (χ0v) is 9.33. The Bertz CT molecular complexity index is 361. The monoisotopic (exact) mass is 257 g/mol. The predicted octanol–water partition coefficient (Wildman–Crippen LogP) is 2.28. The summed E-state index contributed by atoms with van der Waals surface area (Å²) in [5.41, 5.74) is 0.709. The van der Waals surface area contributed by atoms with E-state index in [1.807, 2.05) is 0 Å². The zero-order chi connectivity index (χ0) is 10.6. The fourth-order valence-electron chi connectivity index (χ4n) is 1.18. The molecule has 1 aromatic carbocycles. The summed E-state index contributed by atoms with van der Waals surface area (Å²) in [6.07, 6.45) is 1.05. The molecular weight excluding hydrogens is 248 g/mol. The molecule has 0 unspecified atom stereocenters. The first-order valence-corrected chi connectivity index (χ1v) is 4.74. The van der Waals surface area contributed by atoms with E-state index in [0.29, 0.717) is 17.1 Å². The Labute approximate surface area is 90.5 Å². The Balaban J connectivity index is 3.31. The lowest BCUT2D eigenvalue weighted by Gasteiger charge is -2.04. The van der Waals surface area contributed by atoms with Crippen LogP contribution in [-0.4, -0.2) is 20.2 Å². The van der Waals surface area contributed by atoms with Gasteiger partial charge in [-0.15, -0.1) is 0 Å². The van der Waals surface area contributed by atoms with E-state index in [-0.39, 0.29) is 6.42 Å². The van der Waals surface area contributed by atoms with E-state index >= 15 is 0 Å². The van der Waals surface area contributed by atoms with Crippen LogP contribution in [0.2, 0.25) is 0 Å².